The van der Waals surface area contributed by atoms with Crippen molar-refractivity contribution >= 4 is 11.3 Å². The molecule has 0 saturated heterocycles. The minimum atomic E-state index is -0.404. The van der Waals surface area contributed by atoms with Crippen molar-refractivity contribution in [3.05, 3.63) is 17.3 Å². The molecule has 3 N–H and O–H groups in total. The normalized spacial score (nSPS) is 11.9. The maximum absolute atomic E-state index is 5.92. The highest BCUT2D eigenvalue weighted by molar-refractivity contribution is 7.13. The van der Waals surface area contributed by atoms with E-state index in [9.17, 15) is 0 Å². The van der Waals surface area contributed by atoms with Crippen molar-refractivity contribution in [2.45, 2.75) is 19.4 Å². The second kappa shape index (κ2) is 3.14. The predicted octanol–water partition coefficient (Wildman–Crippen LogP) is 1.12. The molecule has 5 nitrogen and oxygen atoms in total. The lowest BCUT2D eigenvalue weighted by atomic mass is 10.0. The van der Waals surface area contributed by atoms with E-state index in [2.05, 4.69) is 20.4 Å². The van der Waals surface area contributed by atoms with Crippen LogP contribution in [0.25, 0.3) is 10.7 Å². The van der Waals surface area contributed by atoms with Crippen molar-refractivity contribution in [2.75, 3.05) is 0 Å². The van der Waals surface area contributed by atoms with Crippen LogP contribution >= 0.6 is 11.3 Å². The maximum Gasteiger partial charge on any atom is 0.145 e. The number of nitrogens with two attached hydrogens (primary N) is 1. The molecule has 2 heterocycles. The highest BCUT2D eigenvalue weighted by atomic mass is 32.1. The molecule has 2 aromatic heterocycles. The lowest BCUT2D eigenvalue weighted by Crippen LogP contribution is -2.28. The zero-order valence-corrected chi connectivity index (χ0v) is 8.80. The maximum atomic E-state index is 5.92. The van der Waals surface area contributed by atoms with Crippen LogP contribution < -0.4 is 5.73 Å². The molecule has 14 heavy (non-hydrogen) atoms. The highest BCUT2D eigenvalue weighted by Gasteiger charge is 2.18. The van der Waals surface area contributed by atoms with Gasteiger partial charge in [-0.05, 0) is 13.8 Å². The van der Waals surface area contributed by atoms with Gasteiger partial charge in [-0.15, -0.1) is 11.3 Å². The van der Waals surface area contributed by atoms with Gasteiger partial charge < -0.3 is 5.73 Å². The minimum Gasteiger partial charge on any atom is -0.321 e. The fraction of sp³-hybridized carbons (Fsp3) is 0.375. The fourth-order valence-corrected chi connectivity index (χ4v) is 1.94. The summed E-state index contributed by atoms with van der Waals surface area (Å²) in [4.78, 5) is 4.39. The summed E-state index contributed by atoms with van der Waals surface area (Å²) in [5.74, 6) is 0. The number of aromatic amines is 1. The van der Waals surface area contributed by atoms with Gasteiger partial charge in [0, 0.05) is 5.38 Å². The van der Waals surface area contributed by atoms with Crippen LogP contribution in [-0.4, -0.2) is 20.4 Å². The van der Waals surface area contributed by atoms with E-state index in [1.807, 2.05) is 19.2 Å². The van der Waals surface area contributed by atoms with E-state index in [0.717, 1.165) is 16.4 Å². The first-order chi connectivity index (χ1) is 6.57. The molecule has 0 aliphatic rings. The SMILES string of the molecule is CC(C)(N)c1csc(-c2cn[nH]n2)n1. The summed E-state index contributed by atoms with van der Waals surface area (Å²) in [5.41, 5.74) is 7.15. The summed E-state index contributed by atoms with van der Waals surface area (Å²) in [6.45, 7) is 3.85. The number of nitrogens with one attached hydrogen (secondary N) is 1. The van der Waals surface area contributed by atoms with Crippen LogP contribution in [0.1, 0.15) is 19.5 Å². The highest BCUT2D eigenvalue weighted by Crippen LogP contribution is 2.25. The van der Waals surface area contributed by atoms with E-state index in [4.69, 9.17) is 5.73 Å². The summed E-state index contributed by atoms with van der Waals surface area (Å²) >= 11 is 1.52. The Bertz CT molecular complexity index is 411. The number of nitrogens with zero attached hydrogens (tertiary/aromatic N) is 3. The monoisotopic (exact) mass is 209 g/mol. The largest absolute Gasteiger partial charge is 0.321 e. The molecule has 0 bridgehead atoms. The second-order valence-corrected chi connectivity index (χ2v) is 4.47. The van der Waals surface area contributed by atoms with E-state index in [1.54, 1.807) is 6.20 Å². The third-order valence-electron chi connectivity index (χ3n) is 1.80. The molecule has 0 radical (unpaired) electrons. The molecule has 0 aliphatic heterocycles. The molecule has 2 rings (SSSR count). The molecule has 0 atom stereocenters. The van der Waals surface area contributed by atoms with Crippen LogP contribution in [0.2, 0.25) is 0 Å². The van der Waals surface area contributed by atoms with Gasteiger partial charge in [-0.2, -0.15) is 15.4 Å². The van der Waals surface area contributed by atoms with Crippen LogP contribution in [0.4, 0.5) is 0 Å². The van der Waals surface area contributed by atoms with Crippen molar-refractivity contribution in [3.8, 4) is 10.7 Å². The smallest absolute Gasteiger partial charge is 0.145 e. The summed E-state index contributed by atoms with van der Waals surface area (Å²) in [5, 5.41) is 13.0. The lowest BCUT2D eigenvalue weighted by Gasteiger charge is -2.14. The molecule has 0 aliphatic carbocycles. The third-order valence-corrected chi connectivity index (χ3v) is 2.66. The first kappa shape index (κ1) is 9.29. The second-order valence-electron chi connectivity index (χ2n) is 3.61. The summed E-state index contributed by atoms with van der Waals surface area (Å²) < 4.78 is 0. The van der Waals surface area contributed by atoms with Crippen LogP contribution in [-0.2, 0) is 5.54 Å². The van der Waals surface area contributed by atoms with Crippen molar-refractivity contribution in [1.29, 1.82) is 0 Å². The Morgan fingerprint density at radius 3 is 2.79 bits per heavy atom. The van der Waals surface area contributed by atoms with Crippen LogP contribution in [0.3, 0.4) is 0 Å². The molecule has 2 aromatic rings. The third kappa shape index (κ3) is 1.66. The van der Waals surface area contributed by atoms with Gasteiger partial charge in [0.1, 0.15) is 10.7 Å². The van der Waals surface area contributed by atoms with Gasteiger partial charge in [0.25, 0.3) is 0 Å². The first-order valence-electron chi connectivity index (χ1n) is 4.18. The fourth-order valence-electron chi connectivity index (χ4n) is 0.992. The molecule has 0 aromatic carbocycles. The molecule has 0 unspecified atom stereocenters. The van der Waals surface area contributed by atoms with E-state index in [-0.39, 0.29) is 0 Å². The molecule has 0 fully saturated rings. The Hall–Kier alpha value is -1.27. The molecule has 0 saturated carbocycles. The number of H-pyrrole nitrogens is 1. The van der Waals surface area contributed by atoms with Gasteiger partial charge in [-0.3, -0.25) is 0 Å². The molecule has 74 valence electrons. The van der Waals surface area contributed by atoms with Crippen LogP contribution in [0, 0.1) is 0 Å². The Morgan fingerprint density at radius 1 is 1.50 bits per heavy atom. The molecule has 0 spiro atoms. The average molecular weight is 209 g/mol. The van der Waals surface area contributed by atoms with Gasteiger partial charge in [-0.25, -0.2) is 4.98 Å². The lowest BCUT2D eigenvalue weighted by molar-refractivity contribution is 0.539. The van der Waals surface area contributed by atoms with Crippen molar-refractivity contribution in [2.24, 2.45) is 5.73 Å². The minimum absolute atomic E-state index is 0.404. The summed E-state index contributed by atoms with van der Waals surface area (Å²) in [6, 6.07) is 0. The van der Waals surface area contributed by atoms with Crippen molar-refractivity contribution in [3.63, 3.8) is 0 Å². The van der Waals surface area contributed by atoms with E-state index >= 15 is 0 Å². The van der Waals surface area contributed by atoms with Crippen molar-refractivity contribution in [1.82, 2.24) is 20.4 Å². The topological polar surface area (TPSA) is 80.5 Å². The van der Waals surface area contributed by atoms with Gasteiger partial charge in [-0.1, -0.05) is 0 Å². The van der Waals surface area contributed by atoms with Crippen molar-refractivity contribution < 1.29 is 0 Å². The number of rotatable bonds is 2. The Labute approximate surface area is 85.4 Å². The number of hydrogen-bond acceptors (Lipinski definition) is 5. The Kier molecular flexibility index (Phi) is 2.09. The van der Waals surface area contributed by atoms with Gasteiger partial charge >= 0.3 is 0 Å². The first-order valence-corrected chi connectivity index (χ1v) is 5.06. The van der Waals surface area contributed by atoms with Crippen LogP contribution in [0.15, 0.2) is 11.6 Å². The number of hydrogen-bond donors (Lipinski definition) is 2. The molecule has 0 amide bonds. The van der Waals surface area contributed by atoms with E-state index in [0.29, 0.717) is 0 Å². The summed E-state index contributed by atoms with van der Waals surface area (Å²) in [7, 11) is 0. The van der Waals surface area contributed by atoms with Gasteiger partial charge in [0.15, 0.2) is 0 Å². The zero-order chi connectivity index (χ0) is 10.2. The number of aromatic nitrogens is 4. The Morgan fingerprint density at radius 2 is 2.29 bits per heavy atom. The molecule has 6 heteroatoms. The standard InChI is InChI=1S/C8H11N5S/c1-8(2,9)6-4-14-7(11-6)5-3-10-13-12-5/h3-4H,9H2,1-2H3,(H,10,12,13). The summed E-state index contributed by atoms with van der Waals surface area (Å²) in [6.07, 6.45) is 1.64. The van der Waals surface area contributed by atoms with Crippen LogP contribution in [0.5, 0.6) is 0 Å². The van der Waals surface area contributed by atoms with Gasteiger partial charge in [0.05, 0.1) is 17.4 Å². The van der Waals surface area contributed by atoms with E-state index < -0.39 is 5.54 Å². The van der Waals surface area contributed by atoms with Gasteiger partial charge in [0.2, 0.25) is 0 Å². The zero-order valence-electron chi connectivity index (χ0n) is 7.98. The quantitative estimate of drug-likeness (QED) is 0.776. The Balaban J connectivity index is 2.36. The predicted molar refractivity (Wildman–Crippen MR) is 54.7 cm³/mol. The molecular weight excluding hydrogens is 198 g/mol. The van der Waals surface area contributed by atoms with E-state index in [1.165, 1.54) is 11.3 Å². The number of thiazole rings is 1. The molecular formula is C8H11N5S. The average Bonchev–Trinajstić information content (AvgIpc) is 2.73.